The molecule has 2 rings (SSSR count). The first-order chi connectivity index (χ1) is 14.3. The second-order valence-electron chi connectivity index (χ2n) is 7.83. The highest BCUT2D eigenvalue weighted by molar-refractivity contribution is 5.90. The van der Waals surface area contributed by atoms with E-state index in [2.05, 4.69) is 10.6 Å². The predicted molar refractivity (Wildman–Crippen MR) is 109 cm³/mol. The molecule has 0 aliphatic heterocycles. The molecule has 3 atom stereocenters. The highest BCUT2D eigenvalue weighted by atomic mass is 16.5. The minimum Gasteiger partial charge on any atom is -0.467 e. The van der Waals surface area contributed by atoms with Gasteiger partial charge in [0, 0.05) is 12.8 Å². The maximum atomic E-state index is 12.9. The molecular weight excluding hydrogens is 388 g/mol. The van der Waals surface area contributed by atoms with E-state index in [1.807, 2.05) is 30.3 Å². The number of rotatable bonds is 8. The standard InChI is InChI=1S/C22H30N2O6/c1-14(2)18(24-22(28)30-13-15-8-5-4-6-9-15)20(26)23-19(21(27)29-3)16-10-7-11-17(25)12-16/h4-6,8-9,14,16,18-19H,7,10-13H2,1-3H3,(H,23,26)(H,24,28)/t16-,18+,19-/m0/s1. The third-order valence-corrected chi connectivity index (χ3v) is 5.18. The van der Waals surface area contributed by atoms with Crippen LogP contribution in [0, 0.1) is 11.8 Å². The van der Waals surface area contributed by atoms with Gasteiger partial charge in [0.25, 0.3) is 0 Å². The molecule has 0 aromatic heterocycles. The number of nitrogens with one attached hydrogen (secondary N) is 2. The molecule has 0 bridgehead atoms. The maximum absolute atomic E-state index is 12.9. The molecule has 0 spiro atoms. The number of benzene rings is 1. The fourth-order valence-corrected chi connectivity index (χ4v) is 3.51. The summed E-state index contributed by atoms with van der Waals surface area (Å²) in [6, 6.07) is 7.35. The Hall–Kier alpha value is -2.90. The third kappa shape index (κ3) is 6.86. The zero-order valence-corrected chi connectivity index (χ0v) is 17.7. The number of hydrogen-bond donors (Lipinski definition) is 2. The zero-order chi connectivity index (χ0) is 22.1. The molecule has 164 valence electrons. The van der Waals surface area contributed by atoms with Crippen molar-refractivity contribution in [1.82, 2.24) is 10.6 Å². The molecule has 0 radical (unpaired) electrons. The van der Waals surface area contributed by atoms with Crippen molar-refractivity contribution in [2.24, 2.45) is 11.8 Å². The maximum Gasteiger partial charge on any atom is 0.408 e. The first-order valence-electron chi connectivity index (χ1n) is 10.2. The quantitative estimate of drug-likeness (QED) is 0.627. The molecule has 1 fully saturated rings. The highest BCUT2D eigenvalue weighted by Gasteiger charge is 2.36. The van der Waals surface area contributed by atoms with E-state index in [4.69, 9.17) is 9.47 Å². The normalized spacial score (nSPS) is 18.3. The molecule has 1 aliphatic carbocycles. The Morgan fingerprint density at radius 2 is 1.83 bits per heavy atom. The summed E-state index contributed by atoms with van der Waals surface area (Å²) in [4.78, 5) is 49.2. The summed E-state index contributed by atoms with van der Waals surface area (Å²) in [6.07, 6.45) is 1.30. The van der Waals surface area contributed by atoms with Crippen molar-refractivity contribution in [2.45, 2.75) is 58.2 Å². The van der Waals surface area contributed by atoms with E-state index in [1.165, 1.54) is 7.11 Å². The number of amides is 2. The number of ether oxygens (including phenoxy) is 2. The van der Waals surface area contributed by atoms with Crippen molar-refractivity contribution >= 4 is 23.8 Å². The number of carbonyl (C=O) groups is 4. The van der Waals surface area contributed by atoms with Crippen molar-refractivity contribution in [3.05, 3.63) is 35.9 Å². The Labute approximate surface area is 176 Å². The van der Waals surface area contributed by atoms with Crippen LogP contribution < -0.4 is 10.6 Å². The summed E-state index contributed by atoms with van der Waals surface area (Å²) in [5.74, 6) is -1.62. The van der Waals surface area contributed by atoms with Gasteiger partial charge < -0.3 is 20.1 Å². The number of esters is 1. The lowest BCUT2D eigenvalue weighted by atomic mass is 9.83. The van der Waals surface area contributed by atoms with Gasteiger partial charge in [-0.05, 0) is 30.2 Å². The van der Waals surface area contributed by atoms with Gasteiger partial charge in [0.1, 0.15) is 24.5 Å². The van der Waals surface area contributed by atoms with Crippen LogP contribution in [0.25, 0.3) is 0 Å². The third-order valence-electron chi connectivity index (χ3n) is 5.18. The molecule has 0 unspecified atom stereocenters. The first-order valence-corrected chi connectivity index (χ1v) is 10.2. The average Bonchev–Trinajstić information content (AvgIpc) is 2.74. The van der Waals surface area contributed by atoms with E-state index in [0.717, 1.165) is 5.56 Å². The Morgan fingerprint density at radius 3 is 2.43 bits per heavy atom. The predicted octanol–water partition coefficient (Wildman–Crippen LogP) is 2.35. The monoisotopic (exact) mass is 418 g/mol. The molecule has 1 aromatic carbocycles. The molecule has 0 heterocycles. The molecule has 1 aliphatic rings. The van der Waals surface area contributed by atoms with Crippen LogP contribution in [0.15, 0.2) is 30.3 Å². The SMILES string of the molecule is COC(=O)[C@@H](NC(=O)[C@H](NC(=O)OCc1ccccc1)C(C)C)[C@H]1CCCC(=O)C1. The zero-order valence-electron chi connectivity index (χ0n) is 17.7. The Bertz CT molecular complexity index is 749. The summed E-state index contributed by atoms with van der Waals surface area (Å²) >= 11 is 0. The largest absolute Gasteiger partial charge is 0.467 e. The van der Waals surface area contributed by atoms with Crippen LogP contribution >= 0.6 is 0 Å². The number of ketones is 1. The minimum absolute atomic E-state index is 0.0671. The molecule has 0 saturated heterocycles. The molecule has 2 amide bonds. The van der Waals surface area contributed by atoms with Gasteiger partial charge in [0.15, 0.2) is 0 Å². The van der Waals surface area contributed by atoms with Gasteiger partial charge in [0.2, 0.25) is 5.91 Å². The van der Waals surface area contributed by atoms with Crippen molar-refractivity contribution in [1.29, 1.82) is 0 Å². The fourth-order valence-electron chi connectivity index (χ4n) is 3.51. The molecular formula is C22H30N2O6. The summed E-state index contributed by atoms with van der Waals surface area (Å²) in [5, 5.41) is 5.25. The molecule has 1 saturated carbocycles. The van der Waals surface area contributed by atoms with Crippen molar-refractivity contribution in [3.63, 3.8) is 0 Å². The summed E-state index contributed by atoms with van der Waals surface area (Å²) in [7, 11) is 1.24. The number of alkyl carbamates (subject to hydrolysis) is 1. The Morgan fingerprint density at radius 1 is 1.13 bits per heavy atom. The van der Waals surface area contributed by atoms with Gasteiger partial charge in [-0.3, -0.25) is 9.59 Å². The lowest BCUT2D eigenvalue weighted by Crippen LogP contribution is -2.56. The lowest BCUT2D eigenvalue weighted by molar-refractivity contribution is -0.147. The molecule has 8 heteroatoms. The van der Waals surface area contributed by atoms with Gasteiger partial charge >= 0.3 is 12.1 Å². The van der Waals surface area contributed by atoms with E-state index >= 15 is 0 Å². The van der Waals surface area contributed by atoms with E-state index < -0.39 is 30.1 Å². The van der Waals surface area contributed by atoms with Gasteiger partial charge in [-0.1, -0.05) is 44.2 Å². The first kappa shape index (κ1) is 23.4. The van der Waals surface area contributed by atoms with Gasteiger partial charge in [0.05, 0.1) is 7.11 Å². The topological polar surface area (TPSA) is 111 Å². The molecule has 2 N–H and O–H groups in total. The van der Waals surface area contributed by atoms with Crippen LogP contribution in [-0.2, 0) is 30.5 Å². The Kier molecular flexibility index (Phi) is 8.83. The smallest absolute Gasteiger partial charge is 0.408 e. The second-order valence-corrected chi connectivity index (χ2v) is 7.83. The second kappa shape index (κ2) is 11.3. The van der Waals surface area contributed by atoms with E-state index in [1.54, 1.807) is 13.8 Å². The van der Waals surface area contributed by atoms with Gasteiger partial charge in [-0.25, -0.2) is 9.59 Å². The fraction of sp³-hybridized carbons (Fsp3) is 0.545. The van der Waals surface area contributed by atoms with E-state index in [0.29, 0.717) is 19.3 Å². The number of methoxy groups -OCH3 is 1. The van der Waals surface area contributed by atoms with Crippen molar-refractivity contribution in [3.8, 4) is 0 Å². The summed E-state index contributed by atoms with van der Waals surface area (Å²) in [6.45, 7) is 3.63. The highest BCUT2D eigenvalue weighted by Crippen LogP contribution is 2.25. The minimum atomic E-state index is -0.935. The molecule has 1 aromatic rings. The Balaban J connectivity index is 2.00. The number of Topliss-reactive ketones (excluding diaryl/α,β-unsaturated/α-hetero) is 1. The lowest BCUT2D eigenvalue weighted by Gasteiger charge is -2.30. The summed E-state index contributed by atoms with van der Waals surface area (Å²) < 4.78 is 10.0. The van der Waals surface area contributed by atoms with Gasteiger partial charge in [-0.2, -0.15) is 0 Å². The van der Waals surface area contributed by atoms with Crippen LogP contribution in [0.1, 0.15) is 45.1 Å². The van der Waals surface area contributed by atoms with Gasteiger partial charge in [-0.15, -0.1) is 0 Å². The van der Waals surface area contributed by atoms with Crippen LogP contribution in [0.3, 0.4) is 0 Å². The van der Waals surface area contributed by atoms with Crippen LogP contribution in [-0.4, -0.2) is 42.9 Å². The van der Waals surface area contributed by atoms with E-state index in [-0.39, 0.29) is 30.6 Å². The van der Waals surface area contributed by atoms with E-state index in [9.17, 15) is 19.2 Å². The number of hydrogen-bond acceptors (Lipinski definition) is 6. The average molecular weight is 418 g/mol. The van der Waals surface area contributed by atoms with Crippen LogP contribution in [0.2, 0.25) is 0 Å². The van der Waals surface area contributed by atoms with Crippen LogP contribution in [0.4, 0.5) is 4.79 Å². The summed E-state index contributed by atoms with van der Waals surface area (Å²) in [5.41, 5.74) is 0.825. The molecule has 8 nitrogen and oxygen atoms in total. The van der Waals surface area contributed by atoms with Crippen molar-refractivity contribution < 1.29 is 28.7 Å². The van der Waals surface area contributed by atoms with Crippen LogP contribution in [0.5, 0.6) is 0 Å². The molecule has 30 heavy (non-hydrogen) atoms. The van der Waals surface area contributed by atoms with Crippen molar-refractivity contribution in [2.75, 3.05) is 7.11 Å². The number of carbonyl (C=O) groups excluding carboxylic acids is 4.